The average molecular weight is 311 g/mol. The molecule has 0 aliphatic rings. The molecule has 0 amide bonds. The normalized spacial score (nSPS) is 12.6. The van der Waals surface area contributed by atoms with Gasteiger partial charge in [-0.05, 0) is 47.0 Å². The fourth-order valence-corrected chi connectivity index (χ4v) is 3.20. The molecule has 0 radical (unpaired) electrons. The van der Waals surface area contributed by atoms with Crippen LogP contribution in [-0.2, 0) is 6.42 Å². The fourth-order valence-electron chi connectivity index (χ4n) is 1.72. The Morgan fingerprint density at radius 2 is 1.94 bits per heavy atom. The van der Waals surface area contributed by atoms with Crippen molar-refractivity contribution in [1.29, 1.82) is 0 Å². The van der Waals surface area contributed by atoms with Crippen LogP contribution in [0.2, 0.25) is 0 Å². The van der Waals surface area contributed by atoms with Crippen molar-refractivity contribution in [2.45, 2.75) is 19.4 Å². The summed E-state index contributed by atoms with van der Waals surface area (Å²) in [4.78, 5) is 1.25. The molecule has 0 saturated carbocycles. The van der Waals surface area contributed by atoms with Crippen molar-refractivity contribution in [3.05, 3.63) is 56.2 Å². The van der Waals surface area contributed by atoms with Crippen molar-refractivity contribution in [2.24, 2.45) is 5.84 Å². The van der Waals surface area contributed by atoms with E-state index in [2.05, 4.69) is 64.7 Å². The van der Waals surface area contributed by atoms with Gasteiger partial charge >= 0.3 is 0 Å². The maximum Gasteiger partial charge on any atom is 0.0702 e. The average Bonchev–Trinajstić information content (AvgIpc) is 2.75. The lowest BCUT2D eigenvalue weighted by molar-refractivity contribution is 0.560. The van der Waals surface area contributed by atoms with E-state index in [0.29, 0.717) is 0 Å². The van der Waals surface area contributed by atoms with Gasteiger partial charge in [-0.2, -0.15) is 0 Å². The topological polar surface area (TPSA) is 38.0 Å². The molecule has 1 heterocycles. The summed E-state index contributed by atoms with van der Waals surface area (Å²) in [5.41, 5.74) is 5.46. The van der Waals surface area contributed by atoms with Crippen molar-refractivity contribution >= 4 is 27.3 Å². The van der Waals surface area contributed by atoms with Crippen LogP contribution >= 0.6 is 27.3 Å². The van der Waals surface area contributed by atoms with Gasteiger partial charge in [0, 0.05) is 4.88 Å². The van der Waals surface area contributed by atoms with E-state index < -0.39 is 0 Å². The number of hydrogen-bond donors (Lipinski definition) is 2. The summed E-state index contributed by atoms with van der Waals surface area (Å²) in [6.45, 7) is 2.10. The maximum atomic E-state index is 5.63. The van der Waals surface area contributed by atoms with Crippen LogP contribution in [-0.4, -0.2) is 0 Å². The molecule has 1 atom stereocenters. The quantitative estimate of drug-likeness (QED) is 0.669. The summed E-state index contributed by atoms with van der Waals surface area (Å²) in [6.07, 6.45) is 0.906. The molecule has 0 aliphatic carbocycles. The van der Waals surface area contributed by atoms with Gasteiger partial charge in [-0.3, -0.25) is 11.3 Å². The van der Waals surface area contributed by atoms with Crippen LogP contribution in [0.25, 0.3) is 0 Å². The minimum Gasteiger partial charge on any atom is -0.271 e. The first-order valence-corrected chi connectivity index (χ1v) is 7.07. The number of hydrazine groups is 1. The highest BCUT2D eigenvalue weighted by Crippen LogP contribution is 2.28. The zero-order valence-electron chi connectivity index (χ0n) is 9.61. The van der Waals surface area contributed by atoms with E-state index in [0.717, 1.165) is 10.2 Å². The standard InChI is InChI=1S/C13H15BrN2S/c1-9-2-4-10(5-3-9)8-11(16-15)12-6-7-13(14)17-12/h2-7,11,16H,8,15H2,1H3. The summed E-state index contributed by atoms with van der Waals surface area (Å²) in [5, 5.41) is 0. The molecule has 2 rings (SSSR count). The van der Waals surface area contributed by atoms with Crippen molar-refractivity contribution in [3.8, 4) is 0 Å². The first-order chi connectivity index (χ1) is 8.19. The zero-order valence-corrected chi connectivity index (χ0v) is 12.0. The molecule has 1 unspecified atom stereocenters. The van der Waals surface area contributed by atoms with Gasteiger partial charge in [-0.15, -0.1) is 11.3 Å². The van der Waals surface area contributed by atoms with Crippen molar-refractivity contribution in [3.63, 3.8) is 0 Å². The number of aryl methyl sites for hydroxylation is 1. The van der Waals surface area contributed by atoms with Crippen LogP contribution in [0.5, 0.6) is 0 Å². The molecule has 90 valence electrons. The van der Waals surface area contributed by atoms with Crippen LogP contribution in [0.4, 0.5) is 0 Å². The molecule has 0 aliphatic heterocycles. The third kappa shape index (κ3) is 3.39. The summed E-state index contributed by atoms with van der Waals surface area (Å²) < 4.78 is 1.14. The van der Waals surface area contributed by atoms with Crippen molar-refractivity contribution in [2.75, 3.05) is 0 Å². The van der Waals surface area contributed by atoms with Gasteiger partial charge in [0.15, 0.2) is 0 Å². The molecule has 0 fully saturated rings. The minimum atomic E-state index is 0.175. The van der Waals surface area contributed by atoms with Crippen LogP contribution in [0, 0.1) is 6.92 Å². The lowest BCUT2D eigenvalue weighted by Gasteiger charge is -2.14. The second-order valence-corrected chi connectivity index (χ2v) is 6.55. The maximum absolute atomic E-state index is 5.63. The molecule has 0 bridgehead atoms. The SMILES string of the molecule is Cc1ccc(CC(NN)c2ccc(Br)s2)cc1. The molecule has 4 heteroatoms. The Balaban J connectivity index is 2.12. The smallest absolute Gasteiger partial charge is 0.0702 e. The third-order valence-corrected chi connectivity index (χ3v) is 4.44. The highest BCUT2D eigenvalue weighted by Gasteiger charge is 2.12. The Morgan fingerprint density at radius 3 is 2.47 bits per heavy atom. The Kier molecular flexibility index (Phi) is 4.34. The number of hydrogen-bond acceptors (Lipinski definition) is 3. The van der Waals surface area contributed by atoms with Crippen LogP contribution < -0.4 is 11.3 Å². The monoisotopic (exact) mass is 310 g/mol. The second kappa shape index (κ2) is 5.78. The molecule has 0 saturated heterocycles. The lowest BCUT2D eigenvalue weighted by Crippen LogP contribution is -2.28. The number of halogens is 1. The molecular formula is C13H15BrN2S. The number of rotatable bonds is 4. The van der Waals surface area contributed by atoms with Crippen molar-refractivity contribution < 1.29 is 0 Å². The van der Waals surface area contributed by atoms with Gasteiger partial charge in [0.05, 0.1) is 9.83 Å². The third-order valence-electron chi connectivity index (χ3n) is 2.70. The second-order valence-electron chi connectivity index (χ2n) is 4.05. The Morgan fingerprint density at radius 1 is 1.24 bits per heavy atom. The fraction of sp³-hybridized carbons (Fsp3) is 0.231. The van der Waals surface area contributed by atoms with E-state index in [9.17, 15) is 0 Å². The molecule has 0 spiro atoms. The van der Waals surface area contributed by atoms with Gasteiger partial charge < -0.3 is 0 Å². The number of benzene rings is 1. The van der Waals surface area contributed by atoms with E-state index in [-0.39, 0.29) is 6.04 Å². The molecule has 3 N–H and O–H groups in total. The van der Waals surface area contributed by atoms with Gasteiger partial charge in [0.25, 0.3) is 0 Å². The van der Waals surface area contributed by atoms with Crippen LogP contribution in [0.1, 0.15) is 22.0 Å². The summed E-state index contributed by atoms with van der Waals surface area (Å²) in [7, 11) is 0. The van der Waals surface area contributed by atoms with Crippen LogP contribution in [0.3, 0.4) is 0 Å². The Bertz CT molecular complexity index is 478. The molecule has 2 aromatic rings. The Labute approximate surface area is 114 Å². The first kappa shape index (κ1) is 12.8. The highest BCUT2D eigenvalue weighted by atomic mass is 79.9. The molecule has 1 aromatic carbocycles. The summed E-state index contributed by atoms with van der Waals surface area (Å²) in [5.74, 6) is 5.63. The van der Waals surface area contributed by atoms with Gasteiger partial charge in [-0.1, -0.05) is 29.8 Å². The largest absolute Gasteiger partial charge is 0.271 e. The van der Waals surface area contributed by atoms with Crippen LogP contribution in [0.15, 0.2) is 40.2 Å². The highest BCUT2D eigenvalue weighted by molar-refractivity contribution is 9.11. The van der Waals surface area contributed by atoms with E-state index in [1.807, 2.05) is 0 Å². The van der Waals surface area contributed by atoms with Crippen molar-refractivity contribution in [1.82, 2.24) is 5.43 Å². The summed E-state index contributed by atoms with van der Waals surface area (Å²) >= 11 is 5.19. The van der Waals surface area contributed by atoms with Gasteiger partial charge in [-0.25, -0.2) is 0 Å². The van der Waals surface area contributed by atoms with Gasteiger partial charge in [0.2, 0.25) is 0 Å². The van der Waals surface area contributed by atoms with E-state index in [4.69, 9.17) is 5.84 Å². The molecule has 17 heavy (non-hydrogen) atoms. The molecule has 1 aromatic heterocycles. The van der Waals surface area contributed by atoms with Gasteiger partial charge in [0.1, 0.15) is 0 Å². The van der Waals surface area contributed by atoms with E-state index >= 15 is 0 Å². The number of nitrogens with two attached hydrogens (primary N) is 1. The minimum absolute atomic E-state index is 0.175. The predicted molar refractivity (Wildman–Crippen MR) is 77.0 cm³/mol. The zero-order chi connectivity index (χ0) is 12.3. The first-order valence-electron chi connectivity index (χ1n) is 5.46. The predicted octanol–water partition coefficient (Wildman–Crippen LogP) is 3.57. The Hall–Kier alpha value is -0.680. The van der Waals surface area contributed by atoms with E-state index in [1.54, 1.807) is 11.3 Å². The molecular weight excluding hydrogens is 296 g/mol. The summed E-state index contributed by atoms with van der Waals surface area (Å²) in [6, 6.07) is 12.9. The lowest BCUT2D eigenvalue weighted by atomic mass is 10.0. The number of thiophene rings is 1. The number of nitrogens with one attached hydrogen (secondary N) is 1. The van der Waals surface area contributed by atoms with E-state index in [1.165, 1.54) is 16.0 Å². The molecule has 2 nitrogen and oxygen atoms in total.